The first-order valence-corrected chi connectivity index (χ1v) is 5.28. The van der Waals surface area contributed by atoms with Crippen LogP contribution in [0.4, 0.5) is 0 Å². The van der Waals surface area contributed by atoms with Crippen LogP contribution in [0.2, 0.25) is 0 Å². The first-order chi connectivity index (χ1) is 7.62. The van der Waals surface area contributed by atoms with Crippen LogP contribution in [0.1, 0.15) is 6.92 Å². The molecule has 0 aliphatic heterocycles. The Bertz CT molecular complexity index is 164. The number of rotatable bonds is 9. The molecule has 1 unspecified atom stereocenters. The number of nitrogens with one attached hydrogen (secondary N) is 1. The lowest BCUT2D eigenvalue weighted by atomic mass is 9.95. The van der Waals surface area contributed by atoms with Crippen LogP contribution < -0.4 is 5.09 Å². The third-order valence-corrected chi connectivity index (χ3v) is 2.54. The van der Waals surface area contributed by atoms with Gasteiger partial charge in [-0.05, 0) is 5.92 Å². The molecule has 0 saturated carbocycles. The number of hydrogen-bond acceptors (Lipinski definition) is 5. The van der Waals surface area contributed by atoms with E-state index in [1.807, 2.05) is 6.92 Å². The standard InChI is InChI=1S/C8H19BNO4P/c1-5(3-10-15)7(14-9)8(13-2)6(12)4-11/h5-8,10-12H,3-4,15H2,1-2H3/t5-,6+,7+,8+/m0/s1/i11D. The second-order valence-corrected chi connectivity index (χ2v) is 3.83. The summed E-state index contributed by atoms with van der Waals surface area (Å²) >= 11 is 0. The summed E-state index contributed by atoms with van der Waals surface area (Å²) in [6, 6.07) is 0. The second-order valence-electron chi connectivity index (χ2n) is 3.42. The molecule has 2 radical (unpaired) electrons. The molecule has 0 spiro atoms. The molecule has 15 heavy (non-hydrogen) atoms. The van der Waals surface area contributed by atoms with Gasteiger partial charge in [0.2, 0.25) is 1.43 Å². The topological polar surface area (TPSA) is 71.0 Å². The fourth-order valence-electron chi connectivity index (χ4n) is 1.44. The van der Waals surface area contributed by atoms with Crippen LogP contribution >= 0.6 is 9.39 Å². The van der Waals surface area contributed by atoms with Crippen molar-refractivity contribution >= 4 is 17.4 Å². The van der Waals surface area contributed by atoms with Crippen molar-refractivity contribution in [2.75, 3.05) is 20.3 Å². The predicted molar refractivity (Wildman–Crippen MR) is 61.4 cm³/mol. The van der Waals surface area contributed by atoms with Crippen LogP contribution in [-0.2, 0) is 9.39 Å². The van der Waals surface area contributed by atoms with Gasteiger partial charge in [-0.25, -0.2) is 0 Å². The highest BCUT2D eigenvalue weighted by Gasteiger charge is 2.31. The Labute approximate surface area is 95.7 Å². The van der Waals surface area contributed by atoms with Crippen LogP contribution in [0, 0.1) is 5.92 Å². The summed E-state index contributed by atoms with van der Waals surface area (Å²) in [4.78, 5) is 0. The summed E-state index contributed by atoms with van der Waals surface area (Å²) in [5, 5.41) is 16.7. The lowest BCUT2D eigenvalue weighted by Crippen LogP contribution is -2.47. The van der Waals surface area contributed by atoms with Crippen LogP contribution in [-0.4, -0.2) is 58.3 Å². The first-order valence-electron chi connectivity index (χ1n) is 5.11. The van der Waals surface area contributed by atoms with E-state index in [-0.39, 0.29) is 12.5 Å². The molecule has 0 aromatic rings. The molecule has 5 atom stereocenters. The van der Waals surface area contributed by atoms with Gasteiger partial charge >= 0.3 is 0 Å². The molecular formula is C8H19BNO4P. The number of methoxy groups -OCH3 is 1. The molecule has 0 fully saturated rings. The van der Waals surface area contributed by atoms with Gasteiger partial charge in [-0.3, -0.25) is 0 Å². The third-order valence-electron chi connectivity index (χ3n) is 2.30. The fraction of sp³-hybridized carbons (Fsp3) is 1.00. The maximum Gasteiger partial charge on any atom is 0.283 e. The minimum Gasteiger partial charge on any atom is -0.442 e. The van der Waals surface area contributed by atoms with Crippen molar-refractivity contribution in [3.63, 3.8) is 0 Å². The zero-order valence-electron chi connectivity index (χ0n) is 10.1. The minimum atomic E-state index is -0.956. The van der Waals surface area contributed by atoms with Crippen LogP contribution in [0.15, 0.2) is 0 Å². The van der Waals surface area contributed by atoms with Crippen molar-refractivity contribution in [2.45, 2.75) is 25.2 Å². The van der Waals surface area contributed by atoms with E-state index in [0.717, 1.165) is 0 Å². The van der Waals surface area contributed by atoms with Crippen molar-refractivity contribution in [2.24, 2.45) is 5.92 Å². The fourth-order valence-corrected chi connectivity index (χ4v) is 1.81. The van der Waals surface area contributed by atoms with Gasteiger partial charge in [0.05, 0.1) is 12.7 Å². The Kier molecular flexibility index (Phi) is 7.52. The van der Waals surface area contributed by atoms with Crippen molar-refractivity contribution in [1.29, 1.82) is 1.43 Å². The minimum absolute atomic E-state index is 0.0350. The second kappa shape index (κ2) is 8.45. The molecule has 0 rings (SSSR count). The molecule has 0 aliphatic rings. The number of ether oxygens (including phenoxy) is 1. The van der Waals surface area contributed by atoms with E-state index >= 15 is 0 Å². The van der Waals surface area contributed by atoms with E-state index in [1.54, 1.807) is 0 Å². The van der Waals surface area contributed by atoms with E-state index in [9.17, 15) is 5.11 Å². The van der Waals surface area contributed by atoms with E-state index in [1.165, 1.54) is 7.11 Å². The quantitative estimate of drug-likeness (QED) is 0.348. The molecule has 0 heterocycles. The van der Waals surface area contributed by atoms with Crippen molar-refractivity contribution in [1.82, 2.24) is 5.09 Å². The van der Waals surface area contributed by atoms with Crippen LogP contribution in [0.25, 0.3) is 0 Å². The molecular weight excluding hydrogens is 216 g/mol. The Morgan fingerprint density at radius 1 is 1.60 bits per heavy atom. The summed E-state index contributed by atoms with van der Waals surface area (Å²) < 4.78 is 16.6. The molecule has 5 nitrogen and oxygen atoms in total. The zero-order valence-corrected chi connectivity index (χ0v) is 10.2. The van der Waals surface area contributed by atoms with Crippen molar-refractivity contribution in [3.05, 3.63) is 0 Å². The predicted octanol–water partition coefficient (Wildman–Crippen LogP) is -1.16. The van der Waals surface area contributed by atoms with Gasteiger partial charge in [0.25, 0.3) is 8.05 Å². The first kappa shape index (κ1) is 13.4. The molecule has 7 heteroatoms. The molecule has 0 aliphatic carbocycles. The number of hydrogen-bond donors (Lipinski definition) is 3. The van der Waals surface area contributed by atoms with Gasteiger partial charge in [-0.2, -0.15) is 0 Å². The average Bonchev–Trinajstić information content (AvgIpc) is 2.25. The Morgan fingerprint density at radius 2 is 2.27 bits per heavy atom. The normalized spacial score (nSPS) is 20.4. The Morgan fingerprint density at radius 3 is 2.67 bits per heavy atom. The molecule has 0 amide bonds. The summed E-state index contributed by atoms with van der Waals surface area (Å²) in [7, 11) is 9.03. The van der Waals surface area contributed by atoms with Crippen molar-refractivity contribution < 1.29 is 19.6 Å². The number of aliphatic hydroxyl groups is 2. The van der Waals surface area contributed by atoms with Gasteiger partial charge in [-0.1, -0.05) is 16.3 Å². The van der Waals surface area contributed by atoms with E-state index in [0.29, 0.717) is 6.54 Å². The van der Waals surface area contributed by atoms with Gasteiger partial charge < -0.3 is 24.7 Å². The van der Waals surface area contributed by atoms with Gasteiger partial charge in [0.1, 0.15) is 12.2 Å². The molecule has 88 valence electrons. The summed E-state index contributed by atoms with van der Waals surface area (Å²) in [5.74, 6) is 0.0350. The highest BCUT2D eigenvalue weighted by atomic mass is 31.0. The molecule has 3 N–H and O–H groups in total. The molecule has 0 aromatic heterocycles. The summed E-state index contributed by atoms with van der Waals surface area (Å²) in [6.45, 7) is 2.40. The largest absolute Gasteiger partial charge is 0.442 e. The SMILES string of the molecule is [2H]OC[C@@H](O)[C@@H](OC)[C@H](O[B])[C@@H](C)CNP. The van der Waals surface area contributed by atoms with Gasteiger partial charge in [0.15, 0.2) is 0 Å². The summed E-state index contributed by atoms with van der Waals surface area (Å²) in [6.07, 6.45) is -2.07. The highest BCUT2D eigenvalue weighted by molar-refractivity contribution is 7.13. The van der Waals surface area contributed by atoms with E-state index < -0.39 is 18.3 Å². The Balaban J connectivity index is 4.47. The molecule has 0 bridgehead atoms. The van der Waals surface area contributed by atoms with Crippen LogP contribution in [0.3, 0.4) is 0 Å². The average molecular weight is 236 g/mol. The maximum absolute atomic E-state index is 9.70. The monoisotopic (exact) mass is 236 g/mol. The van der Waals surface area contributed by atoms with E-state index in [2.05, 4.69) is 19.6 Å². The molecule has 0 aromatic carbocycles. The number of aliphatic hydroxyl groups excluding tert-OH is 2. The van der Waals surface area contributed by atoms with Gasteiger partial charge in [-0.15, -0.1) is 0 Å². The Hall–Kier alpha value is 0.295. The van der Waals surface area contributed by atoms with Crippen molar-refractivity contribution in [3.8, 4) is 0 Å². The molecule has 0 saturated heterocycles. The third kappa shape index (κ3) is 4.77. The van der Waals surface area contributed by atoms with E-state index in [4.69, 9.17) is 18.9 Å². The van der Waals surface area contributed by atoms with Gasteiger partial charge in [0, 0.05) is 13.7 Å². The smallest absolute Gasteiger partial charge is 0.283 e. The lowest BCUT2D eigenvalue weighted by Gasteiger charge is -2.32. The lowest BCUT2D eigenvalue weighted by molar-refractivity contribution is -0.0993. The zero-order chi connectivity index (χ0) is 12.6. The maximum atomic E-state index is 9.70. The van der Waals surface area contributed by atoms with Crippen LogP contribution in [0.5, 0.6) is 0 Å². The summed E-state index contributed by atoms with van der Waals surface area (Å²) in [5.41, 5.74) is 0. The highest BCUT2D eigenvalue weighted by Crippen LogP contribution is 2.16.